The molecule has 0 radical (unpaired) electrons. The summed E-state index contributed by atoms with van der Waals surface area (Å²) in [5.74, 6) is 0.139. The summed E-state index contributed by atoms with van der Waals surface area (Å²) in [4.78, 5) is 11.6. The van der Waals surface area contributed by atoms with Crippen molar-refractivity contribution in [3.05, 3.63) is 48.4 Å². The highest BCUT2D eigenvalue weighted by atomic mass is 19.1. The van der Waals surface area contributed by atoms with E-state index in [9.17, 15) is 4.39 Å². The summed E-state index contributed by atoms with van der Waals surface area (Å²) in [6.45, 7) is 1.59. The minimum Gasteiger partial charge on any atom is -0.396 e. The predicted molar refractivity (Wildman–Crippen MR) is 119 cm³/mol. The first-order valence-corrected chi connectivity index (χ1v) is 10.2. The van der Waals surface area contributed by atoms with E-state index in [0.717, 1.165) is 48.1 Å². The third-order valence-corrected chi connectivity index (χ3v) is 5.79. The van der Waals surface area contributed by atoms with Crippen LogP contribution >= 0.6 is 0 Å². The lowest BCUT2D eigenvalue weighted by molar-refractivity contribution is 0.495. The molecule has 9 heteroatoms. The number of piperidine rings is 1. The average molecular weight is 418 g/mol. The van der Waals surface area contributed by atoms with Gasteiger partial charge in [0.05, 0.1) is 16.9 Å². The van der Waals surface area contributed by atoms with Crippen molar-refractivity contribution in [2.45, 2.75) is 18.9 Å². The summed E-state index contributed by atoms with van der Waals surface area (Å²) in [5.41, 5.74) is 16.5. The summed E-state index contributed by atoms with van der Waals surface area (Å²) >= 11 is 0. The SMILES string of the molecule is Cn1nnc2cc(-c3cnc(N4CCC(N)CC4)nc3-c3ccc(N)c(F)c3)ccc21. The molecule has 0 bridgehead atoms. The van der Waals surface area contributed by atoms with Crippen LogP contribution in [-0.4, -0.2) is 44.1 Å². The molecule has 1 saturated heterocycles. The number of aromatic nitrogens is 5. The minimum atomic E-state index is -0.475. The Bertz CT molecular complexity index is 1260. The second-order valence-electron chi connectivity index (χ2n) is 7.91. The number of hydrogen-bond donors (Lipinski definition) is 2. The summed E-state index contributed by atoms with van der Waals surface area (Å²) in [6.07, 6.45) is 3.57. The summed E-state index contributed by atoms with van der Waals surface area (Å²) in [7, 11) is 1.85. The number of benzene rings is 2. The molecule has 0 atom stereocenters. The second-order valence-corrected chi connectivity index (χ2v) is 7.91. The van der Waals surface area contributed by atoms with E-state index in [1.807, 2.05) is 25.2 Å². The van der Waals surface area contributed by atoms with Gasteiger partial charge in [-0.05, 0) is 42.7 Å². The Morgan fingerprint density at radius 3 is 2.61 bits per heavy atom. The smallest absolute Gasteiger partial charge is 0.225 e. The van der Waals surface area contributed by atoms with Gasteiger partial charge in [0.2, 0.25) is 5.95 Å². The van der Waals surface area contributed by atoms with E-state index < -0.39 is 5.82 Å². The number of halogens is 1. The number of nitrogens with zero attached hydrogens (tertiary/aromatic N) is 6. The Morgan fingerprint density at radius 2 is 1.84 bits per heavy atom. The number of nitrogens with two attached hydrogens (primary N) is 2. The van der Waals surface area contributed by atoms with Crippen LogP contribution in [0.1, 0.15) is 12.8 Å². The molecule has 1 aliphatic rings. The lowest BCUT2D eigenvalue weighted by atomic mass is 10.00. The molecule has 1 fully saturated rings. The van der Waals surface area contributed by atoms with Crippen LogP contribution in [0.15, 0.2) is 42.6 Å². The van der Waals surface area contributed by atoms with Gasteiger partial charge in [-0.3, -0.25) is 0 Å². The zero-order valence-electron chi connectivity index (χ0n) is 17.2. The third-order valence-electron chi connectivity index (χ3n) is 5.79. The molecule has 0 aliphatic carbocycles. The van der Waals surface area contributed by atoms with E-state index in [0.29, 0.717) is 17.2 Å². The van der Waals surface area contributed by atoms with Gasteiger partial charge in [0.15, 0.2) is 0 Å². The molecule has 3 heterocycles. The Labute approximate surface area is 178 Å². The highest BCUT2D eigenvalue weighted by molar-refractivity contribution is 5.87. The molecular weight excluding hydrogens is 395 g/mol. The Kier molecular flexibility index (Phi) is 4.74. The predicted octanol–water partition coefficient (Wildman–Crippen LogP) is 2.74. The zero-order valence-corrected chi connectivity index (χ0v) is 17.2. The van der Waals surface area contributed by atoms with E-state index >= 15 is 0 Å². The first-order chi connectivity index (χ1) is 15.0. The van der Waals surface area contributed by atoms with Gasteiger partial charge in [0, 0.05) is 43.5 Å². The molecular formula is C22H23FN8. The molecule has 0 spiro atoms. The number of aryl methyl sites for hydroxylation is 1. The molecule has 0 amide bonds. The number of nitrogen functional groups attached to an aromatic ring is 1. The number of fused-ring (bicyclic) bond motifs is 1. The van der Waals surface area contributed by atoms with E-state index in [4.69, 9.17) is 16.5 Å². The van der Waals surface area contributed by atoms with Crippen LogP contribution in [0.4, 0.5) is 16.0 Å². The zero-order chi connectivity index (χ0) is 21.5. The fourth-order valence-corrected chi connectivity index (χ4v) is 3.94. The maximum absolute atomic E-state index is 14.3. The lowest BCUT2D eigenvalue weighted by Gasteiger charge is -2.30. The standard InChI is InChI=1S/C22H23FN8/c1-30-20-5-3-13(11-19(20)28-29-30)16-12-26-22(31-8-6-15(24)7-9-31)27-21(16)14-2-4-18(25)17(23)10-14/h2-5,10-12,15H,6-9,24-25H2,1H3. The van der Waals surface area contributed by atoms with E-state index in [1.54, 1.807) is 23.0 Å². The molecule has 5 rings (SSSR count). The van der Waals surface area contributed by atoms with E-state index in [2.05, 4.69) is 20.2 Å². The van der Waals surface area contributed by atoms with Crippen molar-refractivity contribution in [1.29, 1.82) is 0 Å². The highest BCUT2D eigenvalue weighted by Gasteiger charge is 2.21. The second kappa shape index (κ2) is 7.59. The number of rotatable bonds is 3. The normalized spacial score (nSPS) is 15.0. The summed E-state index contributed by atoms with van der Waals surface area (Å²) in [5, 5.41) is 8.28. The molecule has 31 heavy (non-hydrogen) atoms. The molecule has 158 valence electrons. The van der Waals surface area contributed by atoms with Gasteiger partial charge >= 0.3 is 0 Å². The van der Waals surface area contributed by atoms with Crippen LogP contribution < -0.4 is 16.4 Å². The van der Waals surface area contributed by atoms with Crippen molar-refractivity contribution in [1.82, 2.24) is 25.0 Å². The fraction of sp³-hybridized carbons (Fsp3) is 0.273. The van der Waals surface area contributed by atoms with Gasteiger partial charge in [0.1, 0.15) is 11.3 Å². The molecule has 0 unspecified atom stereocenters. The quantitative estimate of drug-likeness (QED) is 0.492. The van der Waals surface area contributed by atoms with Crippen LogP contribution in [-0.2, 0) is 7.05 Å². The van der Waals surface area contributed by atoms with Crippen molar-refractivity contribution < 1.29 is 4.39 Å². The van der Waals surface area contributed by atoms with Crippen molar-refractivity contribution in [3.63, 3.8) is 0 Å². The first kappa shape index (κ1) is 19.4. The van der Waals surface area contributed by atoms with Gasteiger partial charge in [-0.1, -0.05) is 17.3 Å². The fourth-order valence-electron chi connectivity index (χ4n) is 3.94. The van der Waals surface area contributed by atoms with Gasteiger partial charge in [-0.2, -0.15) is 0 Å². The van der Waals surface area contributed by atoms with E-state index in [1.165, 1.54) is 6.07 Å². The van der Waals surface area contributed by atoms with Crippen molar-refractivity contribution in [3.8, 4) is 22.4 Å². The van der Waals surface area contributed by atoms with Crippen LogP contribution in [0.25, 0.3) is 33.4 Å². The molecule has 1 aliphatic heterocycles. The third kappa shape index (κ3) is 3.57. The molecule has 8 nitrogen and oxygen atoms in total. The number of hydrogen-bond acceptors (Lipinski definition) is 7. The van der Waals surface area contributed by atoms with Crippen LogP contribution in [0.2, 0.25) is 0 Å². The van der Waals surface area contributed by atoms with Gasteiger partial charge in [-0.15, -0.1) is 5.10 Å². The van der Waals surface area contributed by atoms with Crippen LogP contribution in [0, 0.1) is 5.82 Å². The Morgan fingerprint density at radius 1 is 1.06 bits per heavy atom. The Hall–Kier alpha value is -3.59. The molecule has 2 aromatic carbocycles. The minimum absolute atomic E-state index is 0.102. The topological polar surface area (TPSA) is 112 Å². The maximum atomic E-state index is 14.3. The van der Waals surface area contributed by atoms with Crippen LogP contribution in [0.5, 0.6) is 0 Å². The van der Waals surface area contributed by atoms with Gasteiger partial charge in [0.25, 0.3) is 0 Å². The molecule has 2 aromatic heterocycles. The molecule has 4 N–H and O–H groups in total. The van der Waals surface area contributed by atoms with Gasteiger partial charge < -0.3 is 16.4 Å². The largest absolute Gasteiger partial charge is 0.396 e. The average Bonchev–Trinajstić information content (AvgIpc) is 3.16. The van der Waals surface area contributed by atoms with Crippen molar-refractivity contribution >= 4 is 22.7 Å². The van der Waals surface area contributed by atoms with Crippen molar-refractivity contribution in [2.75, 3.05) is 23.7 Å². The Balaban J connectivity index is 1.64. The molecule has 4 aromatic rings. The highest BCUT2D eigenvalue weighted by Crippen LogP contribution is 2.34. The maximum Gasteiger partial charge on any atom is 0.225 e. The first-order valence-electron chi connectivity index (χ1n) is 10.2. The van der Waals surface area contributed by atoms with Crippen LogP contribution in [0.3, 0.4) is 0 Å². The molecule has 0 saturated carbocycles. The monoisotopic (exact) mass is 418 g/mol. The van der Waals surface area contributed by atoms with Gasteiger partial charge in [-0.25, -0.2) is 19.0 Å². The van der Waals surface area contributed by atoms with Crippen molar-refractivity contribution in [2.24, 2.45) is 12.8 Å². The summed E-state index contributed by atoms with van der Waals surface area (Å²) in [6, 6.07) is 10.8. The lowest BCUT2D eigenvalue weighted by Crippen LogP contribution is -2.40. The number of anilines is 2. The van der Waals surface area contributed by atoms with E-state index in [-0.39, 0.29) is 11.7 Å². The summed E-state index contributed by atoms with van der Waals surface area (Å²) < 4.78 is 16.0.